The minimum absolute atomic E-state index is 0.194. The van der Waals surface area contributed by atoms with Crippen molar-refractivity contribution in [3.8, 4) is 5.75 Å². The Labute approximate surface area is 76.9 Å². The van der Waals surface area contributed by atoms with Gasteiger partial charge in [-0.3, -0.25) is 0 Å². The molecule has 1 atom stereocenters. The number of rotatable bonds is 4. The van der Waals surface area contributed by atoms with Crippen LogP contribution in [0, 0.1) is 0 Å². The van der Waals surface area contributed by atoms with Crippen molar-refractivity contribution in [3.63, 3.8) is 0 Å². The number of hydrogen-bond donors (Lipinski definition) is 1. The third kappa shape index (κ3) is 1.68. The second kappa shape index (κ2) is 4.28. The van der Waals surface area contributed by atoms with E-state index in [2.05, 4.69) is 11.9 Å². The van der Waals surface area contributed by atoms with Gasteiger partial charge in [0, 0.05) is 0 Å². The lowest BCUT2D eigenvalue weighted by molar-refractivity contribution is 0.409. The van der Waals surface area contributed by atoms with Crippen molar-refractivity contribution in [1.29, 1.82) is 0 Å². The van der Waals surface area contributed by atoms with Crippen LogP contribution in [0.5, 0.6) is 5.75 Å². The standard InChI is InChI=1S/C9H13NOS/c1-4-7(10-2)9-8(11-3)5-6-12-9/h4-7,10H,1H2,2-3H3. The van der Waals surface area contributed by atoms with Crippen molar-refractivity contribution >= 4 is 11.3 Å². The lowest BCUT2D eigenvalue weighted by atomic mass is 10.2. The van der Waals surface area contributed by atoms with Gasteiger partial charge in [-0.1, -0.05) is 6.08 Å². The summed E-state index contributed by atoms with van der Waals surface area (Å²) in [6, 6.07) is 2.16. The first-order valence-electron chi connectivity index (χ1n) is 3.74. The molecule has 0 aromatic carbocycles. The normalized spacial score (nSPS) is 12.5. The van der Waals surface area contributed by atoms with Crippen LogP contribution in [-0.4, -0.2) is 14.2 Å². The van der Waals surface area contributed by atoms with Gasteiger partial charge in [0.15, 0.2) is 0 Å². The molecule has 1 aromatic rings. The third-order valence-corrected chi connectivity index (χ3v) is 2.69. The molecule has 0 aliphatic heterocycles. The molecule has 1 unspecified atom stereocenters. The fourth-order valence-corrected chi connectivity index (χ4v) is 2.03. The predicted molar refractivity (Wildman–Crippen MR) is 52.9 cm³/mol. The average Bonchev–Trinajstić information content (AvgIpc) is 2.55. The molecule has 0 fully saturated rings. The van der Waals surface area contributed by atoms with Gasteiger partial charge < -0.3 is 10.1 Å². The lowest BCUT2D eigenvalue weighted by Crippen LogP contribution is -2.12. The summed E-state index contributed by atoms with van der Waals surface area (Å²) in [6.45, 7) is 3.75. The Balaban J connectivity index is 2.90. The molecule has 0 saturated carbocycles. The maximum Gasteiger partial charge on any atom is 0.134 e. The molecule has 0 aliphatic carbocycles. The molecule has 3 heteroatoms. The summed E-state index contributed by atoms with van der Waals surface area (Å²) in [5.41, 5.74) is 0. The van der Waals surface area contributed by atoms with Gasteiger partial charge in [0.1, 0.15) is 5.75 Å². The van der Waals surface area contributed by atoms with Crippen molar-refractivity contribution in [2.24, 2.45) is 0 Å². The van der Waals surface area contributed by atoms with Gasteiger partial charge in [0.25, 0.3) is 0 Å². The molecular weight excluding hydrogens is 170 g/mol. The van der Waals surface area contributed by atoms with Crippen LogP contribution >= 0.6 is 11.3 Å². The Hall–Kier alpha value is -0.800. The topological polar surface area (TPSA) is 21.3 Å². The van der Waals surface area contributed by atoms with Gasteiger partial charge in [-0.2, -0.15) is 0 Å². The first kappa shape index (κ1) is 9.29. The van der Waals surface area contributed by atoms with E-state index in [0.717, 1.165) is 5.75 Å². The van der Waals surface area contributed by atoms with E-state index >= 15 is 0 Å². The highest BCUT2D eigenvalue weighted by atomic mass is 32.1. The quantitative estimate of drug-likeness (QED) is 0.723. The molecule has 66 valence electrons. The number of methoxy groups -OCH3 is 1. The molecule has 1 N–H and O–H groups in total. The monoisotopic (exact) mass is 183 g/mol. The smallest absolute Gasteiger partial charge is 0.134 e. The maximum absolute atomic E-state index is 5.19. The third-order valence-electron chi connectivity index (χ3n) is 1.71. The van der Waals surface area contributed by atoms with E-state index in [0.29, 0.717) is 0 Å². The molecule has 1 aromatic heterocycles. The molecule has 1 rings (SSSR count). The highest BCUT2D eigenvalue weighted by Gasteiger charge is 2.11. The van der Waals surface area contributed by atoms with Crippen LogP contribution in [0.15, 0.2) is 24.1 Å². The van der Waals surface area contributed by atoms with E-state index < -0.39 is 0 Å². The van der Waals surface area contributed by atoms with Crippen molar-refractivity contribution in [2.45, 2.75) is 6.04 Å². The molecule has 0 amide bonds. The van der Waals surface area contributed by atoms with Crippen LogP contribution in [0.4, 0.5) is 0 Å². The molecule has 2 nitrogen and oxygen atoms in total. The van der Waals surface area contributed by atoms with Crippen LogP contribution in [0.1, 0.15) is 10.9 Å². The molecule has 0 aliphatic rings. The molecular formula is C9H13NOS. The maximum atomic E-state index is 5.19. The SMILES string of the molecule is C=CC(NC)c1sccc1OC. The number of ether oxygens (including phenoxy) is 1. The van der Waals surface area contributed by atoms with E-state index in [9.17, 15) is 0 Å². The Bertz CT molecular complexity index is 257. The van der Waals surface area contributed by atoms with E-state index in [1.54, 1.807) is 18.4 Å². The van der Waals surface area contributed by atoms with Crippen LogP contribution in [-0.2, 0) is 0 Å². The first-order chi connectivity index (χ1) is 5.83. The molecule has 0 saturated heterocycles. The summed E-state index contributed by atoms with van der Waals surface area (Å²) in [7, 11) is 3.59. The number of likely N-dealkylation sites (N-methyl/N-ethyl adjacent to an activating group) is 1. The summed E-state index contributed by atoms with van der Waals surface area (Å²) in [5, 5.41) is 5.16. The van der Waals surface area contributed by atoms with Gasteiger partial charge in [0.05, 0.1) is 18.0 Å². The molecule has 0 bridgehead atoms. The predicted octanol–water partition coefficient (Wildman–Crippen LogP) is 2.20. The van der Waals surface area contributed by atoms with E-state index in [4.69, 9.17) is 4.74 Å². The molecule has 1 heterocycles. The Kier molecular flexibility index (Phi) is 3.31. The summed E-state index contributed by atoms with van der Waals surface area (Å²) in [4.78, 5) is 1.18. The Morgan fingerprint density at radius 1 is 1.75 bits per heavy atom. The van der Waals surface area contributed by atoms with E-state index in [1.807, 2.05) is 24.6 Å². The minimum Gasteiger partial charge on any atom is -0.496 e. The highest BCUT2D eigenvalue weighted by molar-refractivity contribution is 7.10. The number of nitrogens with one attached hydrogen (secondary N) is 1. The van der Waals surface area contributed by atoms with E-state index in [-0.39, 0.29) is 6.04 Å². The summed E-state index contributed by atoms with van der Waals surface area (Å²) in [5.74, 6) is 0.930. The fourth-order valence-electron chi connectivity index (χ4n) is 1.06. The minimum atomic E-state index is 0.194. The summed E-state index contributed by atoms with van der Waals surface area (Å²) in [6.07, 6.45) is 1.87. The molecule has 12 heavy (non-hydrogen) atoms. The van der Waals surface area contributed by atoms with Gasteiger partial charge in [-0.05, 0) is 18.5 Å². The number of hydrogen-bond acceptors (Lipinski definition) is 3. The molecule has 0 spiro atoms. The van der Waals surface area contributed by atoms with Gasteiger partial charge in [0.2, 0.25) is 0 Å². The largest absolute Gasteiger partial charge is 0.496 e. The van der Waals surface area contributed by atoms with Crippen LogP contribution in [0.25, 0.3) is 0 Å². The van der Waals surface area contributed by atoms with E-state index in [1.165, 1.54) is 4.88 Å². The lowest BCUT2D eigenvalue weighted by Gasteiger charge is -2.10. The average molecular weight is 183 g/mol. The van der Waals surface area contributed by atoms with Crippen molar-refractivity contribution < 1.29 is 4.74 Å². The molecule has 0 radical (unpaired) electrons. The Morgan fingerprint density at radius 2 is 2.50 bits per heavy atom. The zero-order valence-corrected chi connectivity index (χ0v) is 8.15. The summed E-state index contributed by atoms with van der Waals surface area (Å²) < 4.78 is 5.19. The zero-order chi connectivity index (χ0) is 8.97. The highest BCUT2D eigenvalue weighted by Crippen LogP contribution is 2.30. The summed E-state index contributed by atoms with van der Waals surface area (Å²) >= 11 is 1.67. The second-order valence-corrected chi connectivity index (χ2v) is 3.30. The van der Waals surface area contributed by atoms with Crippen LogP contribution < -0.4 is 10.1 Å². The zero-order valence-electron chi connectivity index (χ0n) is 7.33. The Morgan fingerprint density at radius 3 is 3.00 bits per heavy atom. The van der Waals surface area contributed by atoms with Gasteiger partial charge >= 0.3 is 0 Å². The van der Waals surface area contributed by atoms with Crippen molar-refractivity contribution in [2.75, 3.05) is 14.2 Å². The van der Waals surface area contributed by atoms with Crippen LogP contribution in [0.3, 0.4) is 0 Å². The second-order valence-electron chi connectivity index (χ2n) is 2.36. The number of thiophene rings is 1. The first-order valence-corrected chi connectivity index (χ1v) is 4.62. The van der Waals surface area contributed by atoms with Crippen molar-refractivity contribution in [1.82, 2.24) is 5.32 Å². The van der Waals surface area contributed by atoms with Gasteiger partial charge in [-0.25, -0.2) is 0 Å². The van der Waals surface area contributed by atoms with Gasteiger partial charge in [-0.15, -0.1) is 17.9 Å². The van der Waals surface area contributed by atoms with Crippen molar-refractivity contribution in [3.05, 3.63) is 29.0 Å². The van der Waals surface area contributed by atoms with Crippen LogP contribution in [0.2, 0.25) is 0 Å². The fraction of sp³-hybridized carbons (Fsp3) is 0.333.